The van der Waals surface area contributed by atoms with Gasteiger partial charge in [-0.25, -0.2) is 4.98 Å². The molecule has 2 N–H and O–H groups in total. The summed E-state index contributed by atoms with van der Waals surface area (Å²) >= 11 is 1.45. The number of aliphatic hydroxyl groups is 1. The van der Waals surface area contributed by atoms with E-state index in [2.05, 4.69) is 24.1 Å². The number of aliphatic hydroxyl groups excluding tert-OH is 1. The van der Waals surface area contributed by atoms with Crippen molar-refractivity contribution in [3.63, 3.8) is 0 Å². The SMILES string of the molecule is COCC(O)CCNC(=O)c1sc(CC(C)C)nc1C. The Morgan fingerprint density at radius 2 is 2.20 bits per heavy atom. The van der Waals surface area contributed by atoms with Gasteiger partial charge in [-0.1, -0.05) is 13.8 Å². The van der Waals surface area contributed by atoms with Gasteiger partial charge in [0.15, 0.2) is 0 Å². The summed E-state index contributed by atoms with van der Waals surface area (Å²) in [6.07, 6.45) is 0.834. The zero-order valence-corrected chi connectivity index (χ0v) is 13.4. The predicted octanol–water partition coefficient (Wildman–Crippen LogP) is 1.78. The van der Waals surface area contributed by atoms with E-state index in [0.29, 0.717) is 23.8 Å². The summed E-state index contributed by atoms with van der Waals surface area (Å²) in [5.74, 6) is 0.417. The number of nitrogens with one attached hydrogen (secondary N) is 1. The van der Waals surface area contributed by atoms with Crippen LogP contribution in [-0.2, 0) is 11.2 Å². The molecule has 1 rings (SSSR count). The highest BCUT2D eigenvalue weighted by Crippen LogP contribution is 2.20. The number of thiazole rings is 1. The van der Waals surface area contributed by atoms with Gasteiger partial charge in [-0.15, -0.1) is 11.3 Å². The second-order valence-electron chi connectivity index (χ2n) is 5.27. The van der Waals surface area contributed by atoms with Crippen molar-refractivity contribution in [1.82, 2.24) is 10.3 Å². The Hall–Kier alpha value is -0.980. The monoisotopic (exact) mass is 300 g/mol. The Bertz CT molecular complexity index is 432. The second kappa shape index (κ2) is 8.34. The minimum absolute atomic E-state index is 0.111. The van der Waals surface area contributed by atoms with Gasteiger partial charge < -0.3 is 15.2 Å². The number of aromatic nitrogens is 1. The van der Waals surface area contributed by atoms with E-state index in [-0.39, 0.29) is 12.5 Å². The van der Waals surface area contributed by atoms with E-state index in [1.165, 1.54) is 11.3 Å². The Kier molecular flexibility index (Phi) is 7.12. The van der Waals surface area contributed by atoms with Crippen LogP contribution in [-0.4, -0.2) is 42.4 Å². The van der Waals surface area contributed by atoms with Crippen molar-refractivity contribution >= 4 is 17.2 Å². The van der Waals surface area contributed by atoms with Gasteiger partial charge in [0.05, 0.1) is 23.4 Å². The molecule has 0 radical (unpaired) electrons. The Morgan fingerprint density at radius 1 is 1.50 bits per heavy atom. The van der Waals surface area contributed by atoms with Gasteiger partial charge in [-0.05, 0) is 19.3 Å². The fourth-order valence-electron chi connectivity index (χ4n) is 1.81. The van der Waals surface area contributed by atoms with Crippen LogP contribution < -0.4 is 5.32 Å². The van der Waals surface area contributed by atoms with Crippen molar-refractivity contribution in [3.05, 3.63) is 15.6 Å². The predicted molar refractivity (Wildman–Crippen MR) is 80.2 cm³/mol. The van der Waals surface area contributed by atoms with Crippen molar-refractivity contribution in [2.45, 2.75) is 39.7 Å². The molecule has 5 nitrogen and oxygen atoms in total. The summed E-state index contributed by atoms with van der Waals surface area (Å²) in [6.45, 7) is 6.84. The summed E-state index contributed by atoms with van der Waals surface area (Å²) in [6, 6.07) is 0. The van der Waals surface area contributed by atoms with Crippen molar-refractivity contribution < 1.29 is 14.6 Å². The van der Waals surface area contributed by atoms with Crippen LogP contribution in [0.25, 0.3) is 0 Å². The average molecular weight is 300 g/mol. The lowest BCUT2D eigenvalue weighted by Gasteiger charge is -2.09. The summed E-state index contributed by atoms with van der Waals surface area (Å²) < 4.78 is 4.83. The first-order valence-electron chi connectivity index (χ1n) is 6.85. The molecule has 0 bridgehead atoms. The normalized spacial score (nSPS) is 12.7. The maximum Gasteiger partial charge on any atom is 0.263 e. The van der Waals surface area contributed by atoms with Crippen LogP contribution in [0.3, 0.4) is 0 Å². The molecule has 1 aromatic heterocycles. The highest BCUT2D eigenvalue weighted by molar-refractivity contribution is 7.13. The maximum atomic E-state index is 12.1. The first kappa shape index (κ1) is 17.1. The molecule has 1 aromatic rings. The van der Waals surface area contributed by atoms with Crippen LogP contribution in [0.5, 0.6) is 0 Å². The average Bonchev–Trinajstić information content (AvgIpc) is 2.69. The van der Waals surface area contributed by atoms with Crippen LogP contribution in [0.1, 0.15) is 40.6 Å². The standard InChI is InChI=1S/C14H24N2O3S/c1-9(2)7-12-16-10(3)13(20-12)14(18)15-6-5-11(17)8-19-4/h9,11,17H,5-8H2,1-4H3,(H,15,18). The molecule has 114 valence electrons. The first-order chi connectivity index (χ1) is 9.43. The van der Waals surface area contributed by atoms with Gasteiger partial charge in [0.1, 0.15) is 4.88 Å². The summed E-state index contributed by atoms with van der Waals surface area (Å²) in [5, 5.41) is 13.3. The minimum Gasteiger partial charge on any atom is -0.391 e. The minimum atomic E-state index is -0.542. The molecule has 20 heavy (non-hydrogen) atoms. The molecular weight excluding hydrogens is 276 g/mol. The molecule has 1 heterocycles. The fraction of sp³-hybridized carbons (Fsp3) is 0.714. The van der Waals surface area contributed by atoms with E-state index in [4.69, 9.17) is 4.74 Å². The number of carbonyl (C=O) groups excluding carboxylic acids is 1. The molecule has 0 spiro atoms. The first-order valence-corrected chi connectivity index (χ1v) is 7.67. The molecule has 0 saturated heterocycles. The number of hydrogen-bond donors (Lipinski definition) is 2. The number of methoxy groups -OCH3 is 1. The van der Waals surface area contributed by atoms with Crippen molar-refractivity contribution in [3.8, 4) is 0 Å². The third kappa shape index (κ3) is 5.56. The molecule has 6 heteroatoms. The summed E-state index contributed by atoms with van der Waals surface area (Å²) in [7, 11) is 1.54. The molecule has 0 aliphatic heterocycles. The molecule has 0 aliphatic rings. The smallest absolute Gasteiger partial charge is 0.263 e. The van der Waals surface area contributed by atoms with Gasteiger partial charge in [-0.2, -0.15) is 0 Å². The molecule has 0 saturated carbocycles. The Morgan fingerprint density at radius 3 is 2.80 bits per heavy atom. The number of hydrogen-bond acceptors (Lipinski definition) is 5. The number of amides is 1. The third-order valence-corrected chi connectivity index (χ3v) is 3.93. The van der Waals surface area contributed by atoms with Gasteiger partial charge in [-0.3, -0.25) is 4.79 Å². The van der Waals surface area contributed by atoms with E-state index in [1.54, 1.807) is 7.11 Å². The molecule has 1 amide bonds. The van der Waals surface area contributed by atoms with Crippen molar-refractivity contribution in [1.29, 1.82) is 0 Å². The lowest BCUT2D eigenvalue weighted by atomic mass is 10.1. The van der Waals surface area contributed by atoms with Crippen molar-refractivity contribution in [2.75, 3.05) is 20.3 Å². The third-order valence-electron chi connectivity index (χ3n) is 2.75. The van der Waals surface area contributed by atoms with E-state index in [9.17, 15) is 9.90 Å². The van der Waals surface area contributed by atoms with Gasteiger partial charge in [0, 0.05) is 20.1 Å². The van der Waals surface area contributed by atoms with Gasteiger partial charge >= 0.3 is 0 Å². The van der Waals surface area contributed by atoms with E-state index < -0.39 is 6.10 Å². The lowest BCUT2D eigenvalue weighted by molar-refractivity contribution is 0.0588. The Labute approximate surface area is 124 Å². The topological polar surface area (TPSA) is 71.5 Å². The van der Waals surface area contributed by atoms with Crippen LogP contribution in [0.2, 0.25) is 0 Å². The molecule has 0 fully saturated rings. The summed E-state index contributed by atoms with van der Waals surface area (Å²) in [5.41, 5.74) is 0.778. The maximum absolute atomic E-state index is 12.1. The molecular formula is C14H24N2O3S. The number of aryl methyl sites for hydroxylation is 1. The quantitative estimate of drug-likeness (QED) is 0.767. The number of rotatable bonds is 8. The largest absolute Gasteiger partial charge is 0.391 e. The summed E-state index contributed by atoms with van der Waals surface area (Å²) in [4.78, 5) is 17.2. The van der Waals surface area contributed by atoms with Gasteiger partial charge in [0.2, 0.25) is 0 Å². The van der Waals surface area contributed by atoms with Crippen LogP contribution >= 0.6 is 11.3 Å². The van der Waals surface area contributed by atoms with E-state index >= 15 is 0 Å². The van der Waals surface area contributed by atoms with E-state index in [1.807, 2.05) is 6.92 Å². The van der Waals surface area contributed by atoms with Crippen LogP contribution in [0.15, 0.2) is 0 Å². The van der Waals surface area contributed by atoms with Crippen LogP contribution in [0, 0.1) is 12.8 Å². The molecule has 0 aromatic carbocycles. The fourth-order valence-corrected chi connectivity index (χ4v) is 3.00. The zero-order valence-electron chi connectivity index (χ0n) is 12.6. The zero-order chi connectivity index (χ0) is 15.1. The van der Waals surface area contributed by atoms with E-state index in [0.717, 1.165) is 17.1 Å². The highest BCUT2D eigenvalue weighted by Gasteiger charge is 2.15. The highest BCUT2D eigenvalue weighted by atomic mass is 32.1. The van der Waals surface area contributed by atoms with Gasteiger partial charge in [0.25, 0.3) is 5.91 Å². The number of carbonyl (C=O) groups is 1. The molecule has 1 unspecified atom stereocenters. The number of nitrogens with zero attached hydrogens (tertiary/aromatic N) is 1. The molecule has 1 atom stereocenters. The molecule has 0 aliphatic carbocycles. The van der Waals surface area contributed by atoms with Crippen molar-refractivity contribution in [2.24, 2.45) is 5.92 Å². The van der Waals surface area contributed by atoms with Crippen LogP contribution in [0.4, 0.5) is 0 Å². The number of ether oxygens (including phenoxy) is 1. The Balaban J connectivity index is 2.49. The second-order valence-corrected chi connectivity index (χ2v) is 6.36. The lowest BCUT2D eigenvalue weighted by Crippen LogP contribution is -2.28.